The first-order valence-corrected chi connectivity index (χ1v) is 8.44. The number of aliphatic hydroxyl groups is 1. The molecule has 0 spiro atoms. The first-order valence-electron chi connectivity index (χ1n) is 8.44. The van der Waals surface area contributed by atoms with Gasteiger partial charge < -0.3 is 20.1 Å². The fourth-order valence-corrected chi connectivity index (χ4v) is 3.25. The Kier molecular flexibility index (Phi) is 6.19. The van der Waals surface area contributed by atoms with Gasteiger partial charge in [-0.1, -0.05) is 12.8 Å². The molecule has 1 aliphatic carbocycles. The summed E-state index contributed by atoms with van der Waals surface area (Å²) in [7, 11) is 0. The number of carbonyl (C=O) groups is 3. The Hall–Kier alpha value is -2.35. The fourth-order valence-electron chi connectivity index (χ4n) is 3.25. The van der Waals surface area contributed by atoms with Crippen molar-refractivity contribution in [2.24, 2.45) is 0 Å². The number of ether oxygens (including phenoxy) is 1. The molecule has 0 aromatic carbocycles. The number of urea groups is 1. The third kappa shape index (κ3) is 4.82. The standard InChI is InChI=1S/C17H25N3O5/c1-9-14(11(3)21)10(2)18-15(9)16(23)25-8-13(22)20-17(24)19-12-6-4-5-7-12/h11-12,18,21H,4-8H2,1-3H3,(H2,19,20,22,24)/t11-/m1/s1. The molecule has 1 aromatic heterocycles. The van der Waals surface area contributed by atoms with E-state index in [1.54, 1.807) is 20.8 Å². The van der Waals surface area contributed by atoms with E-state index in [4.69, 9.17) is 4.74 Å². The SMILES string of the molecule is Cc1[nH]c(C(=O)OCC(=O)NC(=O)NC2CCCC2)c(C)c1[C@@H](C)O. The predicted molar refractivity (Wildman–Crippen MR) is 90.1 cm³/mol. The predicted octanol–water partition coefficient (Wildman–Crippen LogP) is 1.61. The van der Waals surface area contributed by atoms with Crippen LogP contribution in [0.25, 0.3) is 0 Å². The lowest BCUT2D eigenvalue weighted by atomic mass is 10.1. The molecule has 0 saturated heterocycles. The number of aromatic nitrogens is 1. The highest BCUT2D eigenvalue weighted by Gasteiger charge is 2.22. The molecule has 0 radical (unpaired) electrons. The Bertz CT molecular complexity index is 659. The van der Waals surface area contributed by atoms with Gasteiger partial charge in [-0.25, -0.2) is 9.59 Å². The van der Waals surface area contributed by atoms with Gasteiger partial charge in [0.15, 0.2) is 6.61 Å². The molecular weight excluding hydrogens is 326 g/mol. The van der Waals surface area contributed by atoms with E-state index in [9.17, 15) is 19.5 Å². The van der Waals surface area contributed by atoms with Crippen molar-refractivity contribution in [1.29, 1.82) is 0 Å². The molecule has 1 saturated carbocycles. The molecule has 1 heterocycles. The number of aryl methyl sites for hydroxylation is 1. The average Bonchev–Trinajstić information content (AvgIpc) is 3.12. The van der Waals surface area contributed by atoms with Gasteiger partial charge in [-0.05, 0) is 39.2 Å². The van der Waals surface area contributed by atoms with Crippen LogP contribution < -0.4 is 10.6 Å². The van der Waals surface area contributed by atoms with E-state index in [0.29, 0.717) is 16.8 Å². The zero-order valence-corrected chi connectivity index (χ0v) is 14.8. The van der Waals surface area contributed by atoms with Crippen molar-refractivity contribution in [3.63, 3.8) is 0 Å². The molecule has 1 atom stereocenters. The lowest BCUT2D eigenvalue weighted by molar-refractivity contribution is -0.123. The van der Waals surface area contributed by atoms with Gasteiger partial charge in [0.2, 0.25) is 0 Å². The summed E-state index contributed by atoms with van der Waals surface area (Å²) < 4.78 is 4.95. The van der Waals surface area contributed by atoms with Gasteiger partial charge in [-0.2, -0.15) is 0 Å². The molecular formula is C17H25N3O5. The highest BCUT2D eigenvalue weighted by atomic mass is 16.5. The van der Waals surface area contributed by atoms with Gasteiger partial charge in [0, 0.05) is 17.3 Å². The molecule has 0 unspecified atom stereocenters. The lowest BCUT2D eigenvalue weighted by Gasteiger charge is -2.12. The Morgan fingerprint density at radius 1 is 1.28 bits per heavy atom. The van der Waals surface area contributed by atoms with Crippen LogP contribution in [0.4, 0.5) is 4.79 Å². The summed E-state index contributed by atoms with van der Waals surface area (Å²) in [6, 6.07) is -0.477. The van der Waals surface area contributed by atoms with Crippen LogP contribution in [0.1, 0.15) is 66.0 Å². The van der Waals surface area contributed by atoms with Crippen LogP contribution in [0.3, 0.4) is 0 Å². The van der Waals surface area contributed by atoms with Crippen LogP contribution in [0.15, 0.2) is 0 Å². The molecule has 2 rings (SSSR count). The second-order valence-electron chi connectivity index (χ2n) is 6.42. The summed E-state index contributed by atoms with van der Waals surface area (Å²) in [5.41, 5.74) is 2.07. The summed E-state index contributed by atoms with van der Waals surface area (Å²) in [6.07, 6.45) is 3.24. The van der Waals surface area contributed by atoms with Gasteiger partial charge in [0.1, 0.15) is 5.69 Å². The van der Waals surface area contributed by atoms with E-state index in [1.165, 1.54) is 0 Å². The number of hydrogen-bond acceptors (Lipinski definition) is 5. The number of imide groups is 1. The minimum Gasteiger partial charge on any atom is -0.451 e. The number of rotatable bonds is 5. The van der Waals surface area contributed by atoms with E-state index < -0.39 is 30.6 Å². The molecule has 25 heavy (non-hydrogen) atoms. The molecule has 0 bridgehead atoms. The second kappa shape index (κ2) is 8.15. The van der Waals surface area contributed by atoms with Crippen molar-refractivity contribution in [2.75, 3.05) is 6.61 Å². The molecule has 138 valence electrons. The topological polar surface area (TPSA) is 121 Å². The number of aromatic amines is 1. The van der Waals surface area contributed by atoms with Crippen LogP contribution in [0.5, 0.6) is 0 Å². The van der Waals surface area contributed by atoms with E-state index in [-0.39, 0.29) is 11.7 Å². The van der Waals surface area contributed by atoms with Crippen LogP contribution in [-0.4, -0.2) is 40.6 Å². The number of nitrogens with one attached hydrogen (secondary N) is 3. The van der Waals surface area contributed by atoms with Gasteiger partial charge in [0.25, 0.3) is 5.91 Å². The number of carbonyl (C=O) groups excluding carboxylic acids is 3. The maximum Gasteiger partial charge on any atom is 0.355 e. The molecule has 4 N–H and O–H groups in total. The zero-order valence-electron chi connectivity index (χ0n) is 14.8. The summed E-state index contributed by atoms with van der Waals surface area (Å²) in [5, 5.41) is 14.6. The van der Waals surface area contributed by atoms with E-state index in [1.807, 2.05) is 0 Å². The van der Waals surface area contributed by atoms with Crippen LogP contribution in [0.2, 0.25) is 0 Å². The number of H-pyrrole nitrogens is 1. The summed E-state index contributed by atoms with van der Waals surface area (Å²) >= 11 is 0. The highest BCUT2D eigenvalue weighted by Crippen LogP contribution is 2.24. The molecule has 8 heteroatoms. The average molecular weight is 351 g/mol. The van der Waals surface area contributed by atoms with Crippen LogP contribution in [-0.2, 0) is 9.53 Å². The zero-order chi connectivity index (χ0) is 18.6. The summed E-state index contributed by atoms with van der Waals surface area (Å²) in [4.78, 5) is 38.4. The van der Waals surface area contributed by atoms with E-state index in [2.05, 4.69) is 15.6 Å². The molecule has 1 fully saturated rings. The first-order chi connectivity index (χ1) is 11.8. The van der Waals surface area contributed by atoms with Gasteiger partial charge >= 0.3 is 12.0 Å². The Morgan fingerprint density at radius 2 is 1.92 bits per heavy atom. The first kappa shape index (κ1) is 19.0. The van der Waals surface area contributed by atoms with Crippen molar-refractivity contribution in [1.82, 2.24) is 15.6 Å². The third-order valence-electron chi connectivity index (χ3n) is 4.40. The van der Waals surface area contributed by atoms with Crippen molar-refractivity contribution >= 4 is 17.9 Å². The number of hydrogen-bond donors (Lipinski definition) is 4. The van der Waals surface area contributed by atoms with Crippen molar-refractivity contribution in [3.8, 4) is 0 Å². The van der Waals surface area contributed by atoms with Crippen molar-refractivity contribution < 1.29 is 24.2 Å². The maximum absolute atomic E-state index is 12.1. The normalized spacial score (nSPS) is 15.7. The summed E-state index contributed by atoms with van der Waals surface area (Å²) in [5.74, 6) is -1.40. The van der Waals surface area contributed by atoms with Crippen molar-refractivity contribution in [2.45, 2.75) is 58.6 Å². The maximum atomic E-state index is 12.1. The van der Waals surface area contributed by atoms with Crippen LogP contribution in [0, 0.1) is 13.8 Å². The number of aliphatic hydroxyl groups excluding tert-OH is 1. The smallest absolute Gasteiger partial charge is 0.355 e. The molecule has 3 amide bonds. The number of amides is 3. The largest absolute Gasteiger partial charge is 0.451 e. The lowest BCUT2D eigenvalue weighted by Crippen LogP contribution is -2.45. The van der Waals surface area contributed by atoms with Gasteiger partial charge in [-0.3, -0.25) is 10.1 Å². The van der Waals surface area contributed by atoms with Gasteiger partial charge in [-0.15, -0.1) is 0 Å². The highest BCUT2D eigenvalue weighted by molar-refractivity contribution is 5.97. The molecule has 1 aliphatic rings. The van der Waals surface area contributed by atoms with Gasteiger partial charge in [0.05, 0.1) is 6.10 Å². The number of esters is 1. The van der Waals surface area contributed by atoms with E-state index >= 15 is 0 Å². The minimum absolute atomic E-state index is 0.0961. The molecule has 8 nitrogen and oxygen atoms in total. The Labute approximate surface area is 146 Å². The quantitative estimate of drug-likeness (QED) is 0.601. The van der Waals surface area contributed by atoms with Crippen molar-refractivity contribution in [3.05, 3.63) is 22.5 Å². The van der Waals surface area contributed by atoms with Crippen LogP contribution >= 0.6 is 0 Å². The molecule has 1 aromatic rings. The third-order valence-corrected chi connectivity index (χ3v) is 4.40. The Morgan fingerprint density at radius 3 is 2.48 bits per heavy atom. The Balaban J connectivity index is 1.84. The monoisotopic (exact) mass is 351 g/mol. The fraction of sp³-hybridized carbons (Fsp3) is 0.588. The van der Waals surface area contributed by atoms with E-state index in [0.717, 1.165) is 25.7 Å². The molecule has 0 aliphatic heterocycles. The second-order valence-corrected chi connectivity index (χ2v) is 6.42. The summed E-state index contributed by atoms with van der Waals surface area (Å²) in [6.45, 7) is 4.48. The minimum atomic E-state index is -0.722.